The smallest absolute Gasteiger partial charge is 0.131 e. The van der Waals surface area contributed by atoms with Gasteiger partial charge in [0.05, 0.1) is 11.3 Å². The van der Waals surface area contributed by atoms with Crippen molar-refractivity contribution in [2.75, 3.05) is 6.54 Å². The van der Waals surface area contributed by atoms with Gasteiger partial charge in [-0.25, -0.2) is 0 Å². The Balaban J connectivity index is 1.94. The average Bonchev–Trinajstić information content (AvgIpc) is 2.54. The van der Waals surface area contributed by atoms with Crippen molar-refractivity contribution in [3.63, 3.8) is 0 Å². The van der Waals surface area contributed by atoms with E-state index in [0.29, 0.717) is 18.2 Å². The normalized spacial score (nSPS) is 18.1. The van der Waals surface area contributed by atoms with E-state index in [1.54, 1.807) is 4.68 Å². The molecule has 96 valence electrons. The molecule has 0 aliphatic heterocycles. The van der Waals surface area contributed by atoms with Gasteiger partial charge in [0.15, 0.2) is 0 Å². The van der Waals surface area contributed by atoms with E-state index in [2.05, 4.69) is 17.3 Å². The Morgan fingerprint density at radius 3 is 2.76 bits per heavy atom. The Morgan fingerprint density at radius 2 is 2.24 bits per heavy atom. The molecule has 0 spiro atoms. The predicted octanol–water partition coefficient (Wildman–Crippen LogP) is 1.64. The molecule has 0 saturated heterocycles. The Bertz CT molecular complexity index is 399. The first-order valence-corrected chi connectivity index (χ1v) is 6.57. The molecule has 1 heterocycles. The number of rotatable bonds is 5. The quantitative estimate of drug-likeness (QED) is 0.843. The number of nitrogens with zero attached hydrogens (tertiary/aromatic N) is 2. The molecule has 0 unspecified atom stereocenters. The molecule has 1 saturated carbocycles. The standard InChI is InChI=1S/C12H20ClN3O/c1-3-10-9(11(13)16(2)15-10)7-14-8-12(17)5-4-6-12/h14,17H,3-8H2,1-2H3. The molecular formula is C12H20ClN3O. The fourth-order valence-corrected chi connectivity index (χ4v) is 2.45. The van der Waals surface area contributed by atoms with E-state index in [4.69, 9.17) is 11.6 Å². The van der Waals surface area contributed by atoms with Gasteiger partial charge in [0, 0.05) is 25.7 Å². The van der Waals surface area contributed by atoms with E-state index < -0.39 is 5.60 Å². The van der Waals surface area contributed by atoms with Gasteiger partial charge in [-0.3, -0.25) is 4.68 Å². The summed E-state index contributed by atoms with van der Waals surface area (Å²) in [5.41, 5.74) is 1.60. The van der Waals surface area contributed by atoms with Crippen molar-refractivity contribution in [2.45, 2.75) is 44.8 Å². The van der Waals surface area contributed by atoms with Crippen LogP contribution in [0.5, 0.6) is 0 Å². The summed E-state index contributed by atoms with van der Waals surface area (Å²) in [6.07, 6.45) is 3.82. The molecule has 1 fully saturated rings. The summed E-state index contributed by atoms with van der Waals surface area (Å²) in [7, 11) is 1.85. The molecule has 0 bridgehead atoms. The number of hydrogen-bond acceptors (Lipinski definition) is 3. The van der Waals surface area contributed by atoms with Crippen LogP contribution >= 0.6 is 11.6 Å². The summed E-state index contributed by atoms with van der Waals surface area (Å²) in [5, 5.41) is 18.3. The lowest BCUT2D eigenvalue weighted by atomic mass is 9.80. The lowest BCUT2D eigenvalue weighted by Gasteiger charge is -2.36. The van der Waals surface area contributed by atoms with E-state index in [0.717, 1.165) is 36.9 Å². The third-order valence-corrected chi connectivity index (χ3v) is 4.00. The number of hydrogen-bond donors (Lipinski definition) is 2. The van der Waals surface area contributed by atoms with E-state index in [1.807, 2.05) is 7.05 Å². The van der Waals surface area contributed by atoms with Gasteiger partial charge in [-0.2, -0.15) is 5.10 Å². The summed E-state index contributed by atoms with van der Waals surface area (Å²) in [6.45, 7) is 3.39. The number of aromatic nitrogens is 2. The molecule has 0 radical (unpaired) electrons. The minimum Gasteiger partial charge on any atom is -0.389 e. The zero-order valence-electron chi connectivity index (χ0n) is 10.5. The summed E-state index contributed by atoms with van der Waals surface area (Å²) < 4.78 is 1.70. The van der Waals surface area contributed by atoms with Gasteiger partial charge in [-0.1, -0.05) is 18.5 Å². The van der Waals surface area contributed by atoms with Gasteiger partial charge in [0.2, 0.25) is 0 Å². The summed E-state index contributed by atoms with van der Waals surface area (Å²) in [6, 6.07) is 0. The zero-order valence-corrected chi connectivity index (χ0v) is 11.2. The van der Waals surface area contributed by atoms with Crippen LogP contribution in [0.25, 0.3) is 0 Å². The van der Waals surface area contributed by atoms with Crippen LogP contribution < -0.4 is 5.32 Å². The van der Waals surface area contributed by atoms with Crippen LogP contribution in [0.2, 0.25) is 5.15 Å². The number of halogens is 1. The maximum atomic E-state index is 9.97. The van der Waals surface area contributed by atoms with Crippen LogP contribution in [-0.4, -0.2) is 27.0 Å². The Kier molecular flexibility index (Phi) is 3.76. The van der Waals surface area contributed by atoms with Gasteiger partial charge in [0.25, 0.3) is 0 Å². The molecule has 0 atom stereocenters. The summed E-state index contributed by atoms with van der Waals surface area (Å²) in [5.74, 6) is 0. The van der Waals surface area contributed by atoms with E-state index in [9.17, 15) is 5.11 Å². The minimum absolute atomic E-state index is 0.485. The highest BCUT2D eigenvalue weighted by atomic mass is 35.5. The van der Waals surface area contributed by atoms with Gasteiger partial charge < -0.3 is 10.4 Å². The third kappa shape index (κ3) is 2.64. The first-order valence-electron chi connectivity index (χ1n) is 6.19. The van der Waals surface area contributed by atoms with Crippen molar-refractivity contribution in [1.82, 2.24) is 15.1 Å². The number of aliphatic hydroxyl groups is 1. The van der Waals surface area contributed by atoms with Crippen molar-refractivity contribution < 1.29 is 5.11 Å². The molecule has 5 heteroatoms. The second kappa shape index (κ2) is 4.96. The second-order valence-electron chi connectivity index (χ2n) is 4.87. The lowest BCUT2D eigenvalue weighted by Crippen LogP contribution is -2.46. The fourth-order valence-electron chi connectivity index (χ4n) is 2.24. The second-order valence-corrected chi connectivity index (χ2v) is 5.23. The lowest BCUT2D eigenvalue weighted by molar-refractivity contribution is -0.0314. The van der Waals surface area contributed by atoms with Crippen molar-refractivity contribution in [1.29, 1.82) is 0 Å². The van der Waals surface area contributed by atoms with Crippen LogP contribution in [-0.2, 0) is 20.0 Å². The van der Waals surface area contributed by atoms with E-state index >= 15 is 0 Å². The average molecular weight is 258 g/mol. The highest BCUT2D eigenvalue weighted by Gasteiger charge is 2.33. The molecule has 1 aliphatic rings. The highest BCUT2D eigenvalue weighted by Crippen LogP contribution is 2.30. The maximum absolute atomic E-state index is 9.97. The Hall–Kier alpha value is -0.580. The van der Waals surface area contributed by atoms with Crippen molar-refractivity contribution in [3.05, 3.63) is 16.4 Å². The van der Waals surface area contributed by atoms with Crippen LogP contribution in [0.15, 0.2) is 0 Å². The van der Waals surface area contributed by atoms with Crippen molar-refractivity contribution >= 4 is 11.6 Å². The summed E-state index contributed by atoms with van der Waals surface area (Å²) in [4.78, 5) is 0. The molecule has 0 amide bonds. The van der Waals surface area contributed by atoms with Crippen molar-refractivity contribution in [3.8, 4) is 0 Å². The first kappa shape index (κ1) is 12.9. The van der Waals surface area contributed by atoms with Gasteiger partial charge in [0.1, 0.15) is 5.15 Å². The SMILES string of the molecule is CCc1nn(C)c(Cl)c1CNCC1(O)CCC1. The Morgan fingerprint density at radius 1 is 1.53 bits per heavy atom. The van der Waals surface area contributed by atoms with Crippen LogP contribution in [0.3, 0.4) is 0 Å². The molecule has 2 N–H and O–H groups in total. The molecule has 1 aliphatic carbocycles. The largest absolute Gasteiger partial charge is 0.389 e. The molecule has 1 aromatic heterocycles. The fraction of sp³-hybridized carbons (Fsp3) is 0.750. The number of nitrogens with one attached hydrogen (secondary N) is 1. The van der Waals surface area contributed by atoms with Gasteiger partial charge in [-0.15, -0.1) is 0 Å². The van der Waals surface area contributed by atoms with E-state index in [-0.39, 0.29) is 0 Å². The molecule has 0 aromatic carbocycles. The highest BCUT2D eigenvalue weighted by molar-refractivity contribution is 6.30. The zero-order chi connectivity index (χ0) is 12.5. The minimum atomic E-state index is -0.485. The predicted molar refractivity (Wildman–Crippen MR) is 68.1 cm³/mol. The monoisotopic (exact) mass is 257 g/mol. The Labute approximate surface area is 107 Å². The van der Waals surface area contributed by atoms with Crippen LogP contribution in [0.1, 0.15) is 37.4 Å². The summed E-state index contributed by atoms with van der Waals surface area (Å²) >= 11 is 6.19. The van der Waals surface area contributed by atoms with Gasteiger partial charge in [-0.05, 0) is 25.7 Å². The molecule has 4 nitrogen and oxygen atoms in total. The molecule has 17 heavy (non-hydrogen) atoms. The maximum Gasteiger partial charge on any atom is 0.131 e. The van der Waals surface area contributed by atoms with E-state index in [1.165, 1.54) is 0 Å². The third-order valence-electron chi connectivity index (χ3n) is 3.53. The number of aryl methyl sites for hydroxylation is 2. The topological polar surface area (TPSA) is 50.1 Å². The first-order chi connectivity index (χ1) is 8.06. The van der Waals surface area contributed by atoms with Crippen LogP contribution in [0, 0.1) is 0 Å². The van der Waals surface area contributed by atoms with Crippen molar-refractivity contribution in [2.24, 2.45) is 7.05 Å². The van der Waals surface area contributed by atoms with Gasteiger partial charge >= 0.3 is 0 Å². The molecule has 2 rings (SSSR count). The van der Waals surface area contributed by atoms with Crippen LogP contribution in [0.4, 0.5) is 0 Å². The molecular weight excluding hydrogens is 238 g/mol. The molecule has 1 aromatic rings.